The van der Waals surface area contributed by atoms with Crippen molar-refractivity contribution in [3.05, 3.63) is 77.9 Å². The van der Waals surface area contributed by atoms with Crippen LogP contribution in [-0.4, -0.2) is 24.1 Å². The molecule has 0 heterocycles. The lowest BCUT2D eigenvalue weighted by Gasteiger charge is -2.12. The smallest absolute Gasteiger partial charge is 0.328 e. The van der Waals surface area contributed by atoms with Gasteiger partial charge in [-0.15, -0.1) is 0 Å². The molecule has 3 rings (SSSR count). The van der Waals surface area contributed by atoms with E-state index >= 15 is 0 Å². The first kappa shape index (κ1) is 17.2. The molecule has 0 saturated carbocycles. The highest BCUT2D eigenvalue weighted by Crippen LogP contribution is 2.26. The summed E-state index contributed by atoms with van der Waals surface area (Å²) in [6.45, 7) is 0. The first-order valence-corrected chi connectivity index (χ1v) is 7.96. The predicted octanol–water partition coefficient (Wildman–Crippen LogP) is 4.20. The van der Waals surface area contributed by atoms with Gasteiger partial charge in [0.25, 0.3) is 5.91 Å². The molecule has 26 heavy (non-hydrogen) atoms. The van der Waals surface area contributed by atoms with E-state index in [1.54, 1.807) is 18.2 Å². The number of aliphatic carboxylic acids is 1. The summed E-state index contributed by atoms with van der Waals surface area (Å²) < 4.78 is 5.27. The van der Waals surface area contributed by atoms with E-state index in [0.29, 0.717) is 22.6 Å². The Kier molecular flexibility index (Phi) is 4.99. The SMILES string of the molecule is COc1ccc(/C=C/C(=O)O)cc1C(=O)Nc1cccc2ccccc12. The number of carboxylic acids is 1. The van der Waals surface area contributed by atoms with Gasteiger partial charge in [-0.25, -0.2) is 4.79 Å². The number of carboxylic acid groups (broad SMARTS) is 1. The van der Waals surface area contributed by atoms with Crippen LogP contribution in [0.3, 0.4) is 0 Å². The Balaban J connectivity index is 1.95. The molecule has 0 aliphatic rings. The maximum absolute atomic E-state index is 12.8. The lowest BCUT2D eigenvalue weighted by Crippen LogP contribution is -2.13. The van der Waals surface area contributed by atoms with Crippen molar-refractivity contribution in [2.45, 2.75) is 0 Å². The minimum Gasteiger partial charge on any atom is -0.496 e. The Morgan fingerprint density at radius 2 is 1.81 bits per heavy atom. The van der Waals surface area contributed by atoms with Crippen molar-refractivity contribution in [2.24, 2.45) is 0 Å². The van der Waals surface area contributed by atoms with Crippen LogP contribution in [0.1, 0.15) is 15.9 Å². The molecular weight excluding hydrogens is 330 g/mol. The molecule has 5 heteroatoms. The van der Waals surface area contributed by atoms with E-state index in [1.807, 2.05) is 42.5 Å². The van der Waals surface area contributed by atoms with Gasteiger partial charge in [0, 0.05) is 17.1 Å². The molecule has 0 bridgehead atoms. The second-order valence-corrected chi connectivity index (χ2v) is 5.61. The summed E-state index contributed by atoms with van der Waals surface area (Å²) >= 11 is 0. The third kappa shape index (κ3) is 3.72. The van der Waals surface area contributed by atoms with Gasteiger partial charge in [-0.3, -0.25) is 4.79 Å². The van der Waals surface area contributed by atoms with Crippen molar-refractivity contribution in [1.29, 1.82) is 0 Å². The molecule has 0 radical (unpaired) electrons. The summed E-state index contributed by atoms with van der Waals surface area (Å²) in [7, 11) is 1.48. The van der Waals surface area contributed by atoms with Crippen LogP contribution in [0, 0.1) is 0 Å². The van der Waals surface area contributed by atoms with Gasteiger partial charge in [-0.2, -0.15) is 0 Å². The van der Waals surface area contributed by atoms with Crippen LogP contribution in [0.5, 0.6) is 5.75 Å². The fraction of sp³-hybridized carbons (Fsp3) is 0.0476. The van der Waals surface area contributed by atoms with Crippen molar-refractivity contribution in [3.63, 3.8) is 0 Å². The number of benzene rings is 3. The third-order valence-corrected chi connectivity index (χ3v) is 3.92. The van der Waals surface area contributed by atoms with Crippen molar-refractivity contribution in [3.8, 4) is 5.75 Å². The van der Waals surface area contributed by atoms with Crippen molar-refractivity contribution in [1.82, 2.24) is 0 Å². The Morgan fingerprint density at radius 1 is 1.04 bits per heavy atom. The van der Waals surface area contributed by atoms with Gasteiger partial charge >= 0.3 is 5.97 Å². The average Bonchev–Trinajstić information content (AvgIpc) is 2.66. The molecule has 130 valence electrons. The van der Waals surface area contributed by atoms with E-state index < -0.39 is 5.97 Å². The van der Waals surface area contributed by atoms with Crippen molar-refractivity contribution < 1.29 is 19.4 Å². The highest BCUT2D eigenvalue weighted by atomic mass is 16.5. The number of hydrogen-bond acceptors (Lipinski definition) is 3. The molecule has 5 nitrogen and oxygen atoms in total. The van der Waals surface area contributed by atoms with Gasteiger partial charge in [0.2, 0.25) is 0 Å². The van der Waals surface area contributed by atoms with Crippen molar-refractivity contribution >= 4 is 34.4 Å². The highest BCUT2D eigenvalue weighted by molar-refractivity contribution is 6.10. The van der Waals surface area contributed by atoms with E-state index in [1.165, 1.54) is 13.2 Å². The lowest BCUT2D eigenvalue weighted by molar-refractivity contribution is -0.131. The zero-order valence-electron chi connectivity index (χ0n) is 14.1. The molecule has 0 aromatic heterocycles. The van der Waals surface area contributed by atoms with Crippen LogP contribution in [0.15, 0.2) is 66.7 Å². The zero-order valence-corrected chi connectivity index (χ0v) is 14.1. The monoisotopic (exact) mass is 347 g/mol. The standard InChI is InChI=1S/C21H17NO4/c1-26-19-11-9-14(10-12-20(23)24)13-17(19)21(25)22-18-8-4-6-15-5-2-3-7-16(15)18/h2-13H,1H3,(H,22,25)(H,23,24)/b12-10+. The first-order chi connectivity index (χ1) is 12.6. The van der Waals surface area contributed by atoms with E-state index in [9.17, 15) is 9.59 Å². The molecule has 0 fully saturated rings. The van der Waals surface area contributed by atoms with Crippen molar-refractivity contribution in [2.75, 3.05) is 12.4 Å². The fourth-order valence-electron chi connectivity index (χ4n) is 2.70. The summed E-state index contributed by atoms with van der Waals surface area (Å²) in [6.07, 6.45) is 2.45. The summed E-state index contributed by atoms with van der Waals surface area (Å²) in [4.78, 5) is 23.5. The Labute approximate surface area is 150 Å². The molecule has 0 unspecified atom stereocenters. The van der Waals surface area contributed by atoms with Crippen LogP contribution in [0.25, 0.3) is 16.8 Å². The number of anilines is 1. The molecule has 3 aromatic carbocycles. The van der Waals surface area contributed by atoms with E-state index in [-0.39, 0.29) is 5.91 Å². The normalized spacial score (nSPS) is 10.8. The number of nitrogens with one attached hydrogen (secondary N) is 1. The molecule has 0 aliphatic heterocycles. The van der Waals surface area contributed by atoms with Gasteiger partial charge in [0.1, 0.15) is 5.75 Å². The van der Waals surface area contributed by atoms with Gasteiger partial charge in [-0.1, -0.05) is 42.5 Å². The van der Waals surface area contributed by atoms with E-state index in [4.69, 9.17) is 9.84 Å². The number of amides is 1. The first-order valence-electron chi connectivity index (χ1n) is 7.96. The lowest BCUT2D eigenvalue weighted by atomic mass is 10.1. The predicted molar refractivity (Wildman–Crippen MR) is 102 cm³/mol. The number of hydrogen-bond donors (Lipinski definition) is 2. The largest absolute Gasteiger partial charge is 0.496 e. The number of carbonyl (C=O) groups excluding carboxylic acids is 1. The Morgan fingerprint density at radius 3 is 2.58 bits per heavy atom. The number of ether oxygens (including phenoxy) is 1. The topological polar surface area (TPSA) is 75.6 Å². The minimum absolute atomic E-state index is 0.327. The minimum atomic E-state index is -1.05. The zero-order chi connectivity index (χ0) is 18.5. The van der Waals surface area contributed by atoms with Crippen LogP contribution in [0.2, 0.25) is 0 Å². The van der Waals surface area contributed by atoms with Gasteiger partial charge < -0.3 is 15.2 Å². The summed E-state index contributed by atoms with van der Waals surface area (Å²) in [5, 5.41) is 13.6. The van der Waals surface area contributed by atoms with Crippen LogP contribution in [0.4, 0.5) is 5.69 Å². The maximum atomic E-state index is 12.8. The Bertz CT molecular complexity index is 1000. The van der Waals surface area contributed by atoms with Gasteiger partial charge in [-0.05, 0) is 35.2 Å². The summed E-state index contributed by atoms with van der Waals surface area (Å²) in [5.41, 5.74) is 1.62. The molecule has 0 atom stereocenters. The van der Waals surface area contributed by atoms with Crippen LogP contribution in [-0.2, 0) is 4.79 Å². The number of carbonyl (C=O) groups is 2. The molecule has 1 amide bonds. The van der Waals surface area contributed by atoms with E-state index in [0.717, 1.165) is 16.8 Å². The Hall–Kier alpha value is -3.60. The number of methoxy groups -OCH3 is 1. The second-order valence-electron chi connectivity index (χ2n) is 5.61. The molecule has 0 aliphatic carbocycles. The summed E-state index contributed by atoms with van der Waals surface area (Å²) in [5.74, 6) is -0.971. The maximum Gasteiger partial charge on any atom is 0.328 e. The quantitative estimate of drug-likeness (QED) is 0.678. The molecule has 2 N–H and O–H groups in total. The molecular formula is C21H17NO4. The fourth-order valence-corrected chi connectivity index (χ4v) is 2.70. The highest BCUT2D eigenvalue weighted by Gasteiger charge is 2.14. The molecule has 0 spiro atoms. The number of rotatable bonds is 5. The van der Waals surface area contributed by atoms with Crippen LogP contribution < -0.4 is 10.1 Å². The van der Waals surface area contributed by atoms with Gasteiger partial charge in [0.15, 0.2) is 0 Å². The second kappa shape index (κ2) is 7.53. The van der Waals surface area contributed by atoms with Gasteiger partial charge in [0.05, 0.1) is 12.7 Å². The summed E-state index contributed by atoms with van der Waals surface area (Å²) in [6, 6.07) is 18.4. The number of fused-ring (bicyclic) bond motifs is 1. The third-order valence-electron chi connectivity index (χ3n) is 3.92. The average molecular weight is 347 g/mol. The van der Waals surface area contributed by atoms with E-state index in [2.05, 4.69) is 5.32 Å². The molecule has 0 saturated heterocycles. The van der Waals surface area contributed by atoms with Crippen LogP contribution >= 0.6 is 0 Å². The molecule has 3 aromatic rings.